The first-order valence-electron chi connectivity index (χ1n) is 27.8. The Bertz CT molecular complexity index is 2290. The molecule has 0 spiro atoms. The number of carbonyl (C=O) groups is 11. The number of Topliss-reactive ketones (excluding diaryl/α,β-unsaturated/α-hetero) is 2. The topological polar surface area (TPSA) is 294 Å². The van der Waals surface area contributed by atoms with Crippen LogP contribution in [0.1, 0.15) is 133 Å². The molecule has 5 N–H and O–H groups in total. The molecule has 2 unspecified atom stereocenters. The normalized spacial score (nSPS) is 19.2. The largest absolute Gasteiger partial charge is 0.497 e. The van der Waals surface area contributed by atoms with Crippen molar-refractivity contribution in [3.63, 3.8) is 0 Å². The number of rotatable bonds is 31. The van der Waals surface area contributed by atoms with E-state index in [1.807, 2.05) is 27.7 Å². The maximum Gasteiger partial charge on any atom is 0.323 e. The van der Waals surface area contributed by atoms with Gasteiger partial charge in [-0.15, -0.1) is 0 Å². The van der Waals surface area contributed by atoms with Gasteiger partial charge in [-0.25, -0.2) is 0 Å². The summed E-state index contributed by atoms with van der Waals surface area (Å²) in [5.41, 5.74) is 0.752. The first kappa shape index (κ1) is 67.0. The molecule has 79 heavy (non-hydrogen) atoms. The van der Waals surface area contributed by atoms with Crippen molar-refractivity contribution < 1.29 is 72.1 Å². The Labute approximate surface area is 465 Å². The molecule has 0 bridgehead atoms. The summed E-state index contributed by atoms with van der Waals surface area (Å²) in [4.78, 5) is 153. The molecule has 1 aromatic carbocycles. The number of aliphatic hydroxyl groups is 1. The number of esters is 2. The monoisotopic (exact) mass is 1110 g/mol. The molecule has 2 fully saturated rings. The molecule has 22 nitrogen and oxygen atoms in total. The Morgan fingerprint density at radius 3 is 1.94 bits per heavy atom. The van der Waals surface area contributed by atoms with Gasteiger partial charge in [0.05, 0.1) is 37.6 Å². The lowest BCUT2D eigenvalue weighted by Crippen LogP contribution is -2.62. The lowest BCUT2D eigenvalue weighted by atomic mass is 9.91. The second kappa shape index (κ2) is 31.5. The van der Waals surface area contributed by atoms with Gasteiger partial charge < -0.3 is 60.1 Å². The van der Waals surface area contributed by atoms with Crippen LogP contribution in [0.5, 0.6) is 5.75 Å². The molecule has 0 saturated carbocycles. The predicted octanol–water partition coefficient (Wildman–Crippen LogP) is 2.47. The molecule has 0 aliphatic carbocycles. The van der Waals surface area contributed by atoms with Crippen LogP contribution in [0.3, 0.4) is 0 Å². The third-order valence-electron chi connectivity index (χ3n) is 14.9. The van der Waals surface area contributed by atoms with Crippen molar-refractivity contribution in [3.05, 3.63) is 29.8 Å². The minimum atomic E-state index is -1.67. The SMILES string of the molecule is CC[C@H](C)[C@@H](NC(=O)[C@@H](NC(=O)C(CC(C)C)N(C)C(=O)C1CCCN1C(=O)C(C)=O)[C@@H](C)OC(=O)[C@H](Cc1ccc(OC)cc1)NC)[C@@H](O)CC(=O)O[C@H](C(=O)[C@H](C)C(=O)N[C@@H](CC(C)C)C(=O)N1CCC[C@H]1C=O)C(C)C. The maximum absolute atomic E-state index is 14.8. The molecule has 2 saturated heterocycles. The van der Waals surface area contributed by atoms with E-state index in [0.717, 1.165) is 12.5 Å². The van der Waals surface area contributed by atoms with Crippen LogP contribution in [0.25, 0.3) is 0 Å². The number of aliphatic hydroxyl groups excluding tert-OH is 1. The van der Waals surface area contributed by atoms with E-state index < -0.39 is 144 Å². The summed E-state index contributed by atoms with van der Waals surface area (Å²) in [5.74, 6) is -9.87. The van der Waals surface area contributed by atoms with Gasteiger partial charge in [0, 0.05) is 27.1 Å². The quantitative estimate of drug-likeness (QED) is 0.0309. The molecule has 2 aliphatic rings. The fourth-order valence-electron chi connectivity index (χ4n) is 9.93. The number of carbonyl (C=O) groups excluding carboxylic acids is 11. The lowest BCUT2D eigenvalue weighted by Gasteiger charge is -2.35. The van der Waals surface area contributed by atoms with E-state index >= 15 is 0 Å². The maximum atomic E-state index is 14.8. The van der Waals surface area contributed by atoms with Gasteiger partial charge in [-0.1, -0.05) is 73.9 Å². The van der Waals surface area contributed by atoms with Crippen LogP contribution in [0, 0.1) is 29.6 Å². The van der Waals surface area contributed by atoms with Gasteiger partial charge in [0.1, 0.15) is 48.3 Å². The molecule has 2 heterocycles. The zero-order chi connectivity index (χ0) is 59.6. The van der Waals surface area contributed by atoms with Crippen molar-refractivity contribution in [2.75, 3.05) is 34.3 Å². The van der Waals surface area contributed by atoms with Crippen molar-refractivity contribution in [1.82, 2.24) is 36.0 Å². The van der Waals surface area contributed by atoms with Crippen LogP contribution < -0.4 is 26.0 Å². The van der Waals surface area contributed by atoms with E-state index in [0.29, 0.717) is 44.3 Å². The lowest BCUT2D eigenvalue weighted by molar-refractivity contribution is -0.162. The van der Waals surface area contributed by atoms with Gasteiger partial charge >= 0.3 is 11.9 Å². The number of aldehydes is 1. The highest BCUT2D eigenvalue weighted by Gasteiger charge is 2.43. The number of methoxy groups -OCH3 is 1. The van der Waals surface area contributed by atoms with Crippen molar-refractivity contribution in [1.29, 1.82) is 0 Å². The summed E-state index contributed by atoms with van der Waals surface area (Å²) >= 11 is 0. The fraction of sp³-hybridized carbons (Fsp3) is 0.702. The molecule has 1 aromatic rings. The molecule has 0 radical (unpaired) electrons. The van der Waals surface area contributed by atoms with Crippen LogP contribution in [0.15, 0.2) is 24.3 Å². The Morgan fingerprint density at radius 1 is 0.785 bits per heavy atom. The summed E-state index contributed by atoms with van der Waals surface area (Å²) in [5, 5.41) is 22.9. The summed E-state index contributed by atoms with van der Waals surface area (Å²) in [6.07, 6.45) is -1.86. The number of benzene rings is 1. The third-order valence-corrected chi connectivity index (χ3v) is 14.9. The fourth-order valence-corrected chi connectivity index (χ4v) is 9.93. The molecule has 6 amide bonds. The Kier molecular flexibility index (Phi) is 26.7. The smallest absolute Gasteiger partial charge is 0.323 e. The number of likely N-dealkylation sites (tertiary alicyclic amines) is 2. The highest BCUT2D eigenvalue weighted by atomic mass is 16.6. The zero-order valence-electron chi connectivity index (χ0n) is 48.8. The van der Waals surface area contributed by atoms with Gasteiger partial charge in [0.15, 0.2) is 11.9 Å². The van der Waals surface area contributed by atoms with E-state index in [2.05, 4.69) is 21.3 Å². The van der Waals surface area contributed by atoms with Gasteiger partial charge in [0.2, 0.25) is 35.3 Å². The number of ether oxygens (including phenoxy) is 3. The van der Waals surface area contributed by atoms with Crippen LogP contribution in [0.2, 0.25) is 0 Å². The average molecular weight is 1110 g/mol. The van der Waals surface area contributed by atoms with Crippen molar-refractivity contribution in [3.8, 4) is 5.75 Å². The van der Waals surface area contributed by atoms with Gasteiger partial charge in [-0.3, -0.25) is 47.9 Å². The van der Waals surface area contributed by atoms with Gasteiger partial charge in [0.25, 0.3) is 5.91 Å². The highest BCUT2D eigenvalue weighted by molar-refractivity contribution is 6.35. The zero-order valence-corrected chi connectivity index (χ0v) is 48.8. The minimum absolute atomic E-state index is 0.0368. The number of hydrogen-bond donors (Lipinski definition) is 5. The summed E-state index contributed by atoms with van der Waals surface area (Å²) in [6, 6.07) is -0.672. The summed E-state index contributed by atoms with van der Waals surface area (Å²) < 4.78 is 16.9. The first-order valence-corrected chi connectivity index (χ1v) is 27.8. The standard InChI is InChI=1S/C57H89N7O15/c1-15-34(8)47(45(67)29-46(68)79-50(33(6)7)49(69)35(9)51(70)59-41(26-31(2)3)55(74)63-24-16-18-39(63)30-65)60-53(72)48(37(11)78-57(76)42(58-12)28-38-20-22-40(77-14)23-21-38)61-52(71)44(27-32(4)5)62(13)56(75)43-19-17-25-64(43)54(73)36(10)66/h20-23,30-35,37,39,41-45,47-48,50,58,67H,15-19,24-29H2,1-14H3,(H,59,70)(H,60,72)(H,61,71)/t34-,35-,37+,39-,41-,42-,43?,44?,45-,47+,48-,50-/m0/s1. The summed E-state index contributed by atoms with van der Waals surface area (Å²) in [7, 11) is 4.48. The molecule has 0 aromatic heterocycles. The third kappa shape index (κ3) is 18.9. The highest BCUT2D eigenvalue weighted by Crippen LogP contribution is 2.25. The van der Waals surface area contributed by atoms with Crippen LogP contribution in [-0.4, -0.2) is 180 Å². The van der Waals surface area contributed by atoms with E-state index in [4.69, 9.17) is 14.2 Å². The molecule has 3 rings (SSSR count). The van der Waals surface area contributed by atoms with E-state index in [-0.39, 0.29) is 44.1 Å². The first-order chi connectivity index (χ1) is 37.1. The second-order valence-electron chi connectivity index (χ2n) is 22.4. The molecule has 12 atom stereocenters. The summed E-state index contributed by atoms with van der Waals surface area (Å²) in [6.45, 7) is 18.5. The number of hydrogen-bond acceptors (Lipinski definition) is 16. The van der Waals surface area contributed by atoms with Gasteiger partial charge in [-0.2, -0.15) is 0 Å². The Balaban J connectivity index is 1.93. The Hall–Kier alpha value is -6.29. The number of ketones is 2. The van der Waals surface area contributed by atoms with Gasteiger partial charge in [-0.05, 0) is 107 Å². The number of nitrogens with one attached hydrogen (secondary N) is 4. The van der Waals surface area contributed by atoms with E-state index in [1.165, 1.54) is 42.7 Å². The molecule has 2 aliphatic heterocycles. The van der Waals surface area contributed by atoms with Crippen LogP contribution in [-0.2, 0) is 68.6 Å². The number of nitrogens with zero attached hydrogens (tertiary/aromatic N) is 3. The minimum Gasteiger partial charge on any atom is -0.497 e. The van der Waals surface area contributed by atoms with Crippen molar-refractivity contribution in [2.45, 2.75) is 195 Å². The molecular formula is C57H89N7O15. The average Bonchev–Trinajstić information content (AvgIpc) is 4.12. The Morgan fingerprint density at radius 2 is 1.39 bits per heavy atom. The van der Waals surface area contributed by atoms with Crippen molar-refractivity contribution in [2.24, 2.45) is 29.6 Å². The molecule has 22 heteroatoms. The number of amides is 6. The van der Waals surface area contributed by atoms with Crippen LogP contribution in [0.4, 0.5) is 0 Å². The van der Waals surface area contributed by atoms with Crippen LogP contribution >= 0.6 is 0 Å². The molecular weight excluding hydrogens is 1020 g/mol. The van der Waals surface area contributed by atoms with E-state index in [1.54, 1.807) is 59.0 Å². The predicted molar refractivity (Wildman–Crippen MR) is 292 cm³/mol. The number of likely N-dealkylation sites (N-methyl/N-ethyl adjacent to an activating group) is 2. The second-order valence-corrected chi connectivity index (χ2v) is 22.4. The van der Waals surface area contributed by atoms with E-state index in [9.17, 15) is 57.8 Å². The van der Waals surface area contributed by atoms with Crippen molar-refractivity contribution >= 4 is 65.2 Å². The molecule has 442 valence electrons.